The van der Waals surface area contributed by atoms with E-state index in [0.29, 0.717) is 13.0 Å². The van der Waals surface area contributed by atoms with Crippen LogP contribution < -0.4 is 15.1 Å². The fraction of sp³-hybridized carbons (Fsp3) is 0.417. The monoisotopic (exact) mass is 482 g/mol. The first-order valence-electron chi connectivity index (χ1n) is 11.0. The molecule has 2 aromatic rings. The highest BCUT2D eigenvalue weighted by molar-refractivity contribution is 9.10. The van der Waals surface area contributed by atoms with Gasteiger partial charge in [-0.1, -0.05) is 0 Å². The fourth-order valence-corrected chi connectivity index (χ4v) is 5.45. The topological polar surface area (TPSA) is 55.9 Å². The summed E-state index contributed by atoms with van der Waals surface area (Å²) >= 11 is 3.75. The lowest BCUT2D eigenvalue weighted by atomic mass is 9.90. The van der Waals surface area contributed by atoms with E-state index >= 15 is 0 Å². The molecule has 2 aliphatic heterocycles. The van der Waals surface area contributed by atoms with Gasteiger partial charge in [0.05, 0.1) is 11.4 Å². The molecule has 1 N–H and O–H groups in total. The van der Waals surface area contributed by atoms with E-state index in [0.717, 1.165) is 78.1 Å². The van der Waals surface area contributed by atoms with Crippen molar-refractivity contribution in [1.82, 2.24) is 4.90 Å². The molecular weight excluding hydrogens is 456 g/mol. The van der Waals surface area contributed by atoms with Crippen molar-refractivity contribution in [3.63, 3.8) is 0 Å². The lowest BCUT2D eigenvalue weighted by molar-refractivity contribution is 0.0972. The van der Waals surface area contributed by atoms with Crippen LogP contribution in [-0.4, -0.2) is 56.5 Å². The van der Waals surface area contributed by atoms with E-state index in [4.69, 9.17) is 0 Å². The number of amides is 2. The van der Waals surface area contributed by atoms with Crippen molar-refractivity contribution >= 4 is 44.8 Å². The predicted octanol–water partition coefficient (Wildman–Crippen LogP) is 4.31. The van der Waals surface area contributed by atoms with E-state index in [1.807, 2.05) is 23.1 Å². The second kappa shape index (κ2) is 8.28. The lowest BCUT2D eigenvalue weighted by Gasteiger charge is -2.35. The number of likely N-dealkylation sites (N-methyl/N-ethyl adjacent to an activating group) is 1. The number of Topliss-reactive ketones (excluding diaryl/α,β-unsaturated/α-hetero) is 1. The van der Waals surface area contributed by atoms with Gasteiger partial charge in [-0.15, -0.1) is 0 Å². The molecule has 7 heteroatoms. The largest absolute Gasteiger partial charge is 0.368 e. The van der Waals surface area contributed by atoms with Gasteiger partial charge in [-0.25, -0.2) is 4.79 Å². The molecule has 5 rings (SSSR count). The minimum absolute atomic E-state index is 0.118. The number of hydrogen-bond acceptors (Lipinski definition) is 4. The summed E-state index contributed by atoms with van der Waals surface area (Å²) < 4.78 is 1.09. The minimum Gasteiger partial charge on any atom is -0.368 e. The van der Waals surface area contributed by atoms with E-state index in [9.17, 15) is 9.59 Å². The Morgan fingerprint density at radius 3 is 2.55 bits per heavy atom. The van der Waals surface area contributed by atoms with Gasteiger partial charge in [-0.2, -0.15) is 0 Å². The first kappa shape index (κ1) is 20.5. The fourth-order valence-electron chi connectivity index (χ4n) is 4.81. The Kier molecular flexibility index (Phi) is 5.48. The maximum Gasteiger partial charge on any atom is 0.326 e. The van der Waals surface area contributed by atoms with Crippen molar-refractivity contribution in [1.29, 1.82) is 0 Å². The molecule has 31 heavy (non-hydrogen) atoms. The first-order chi connectivity index (χ1) is 15.0. The van der Waals surface area contributed by atoms with E-state index in [1.54, 1.807) is 0 Å². The van der Waals surface area contributed by atoms with Crippen molar-refractivity contribution in [2.45, 2.75) is 25.7 Å². The normalized spacial score (nSPS) is 18.7. The van der Waals surface area contributed by atoms with Gasteiger partial charge in [0.25, 0.3) is 0 Å². The Hall–Kier alpha value is -2.38. The number of aryl methyl sites for hydroxylation is 1. The number of piperazine rings is 1. The van der Waals surface area contributed by atoms with Gasteiger partial charge in [-0.3, -0.25) is 9.69 Å². The second-order valence-corrected chi connectivity index (χ2v) is 9.56. The van der Waals surface area contributed by atoms with E-state index in [2.05, 4.69) is 50.2 Å². The average molecular weight is 483 g/mol. The molecule has 0 bridgehead atoms. The maximum atomic E-state index is 13.1. The van der Waals surface area contributed by atoms with Crippen LogP contribution >= 0.6 is 15.9 Å². The maximum absolute atomic E-state index is 13.1. The highest BCUT2D eigenvalue weighted by atomic mass is 79.9. The number of nitrogens with zero attached hydrogens (tertiary/aromatic N) is 3. The van der Waals surface area contributed by atoms with E-state index in [1.165, 1.54) is 5.56 Å². The summed E-state index contributed by atoms with van der Waals surface area (Å²) in [5.74, 6) is 0.203. The number of hydrogen-bond donors (Lipinski definition) is 1. The van der Waals surface area contributed by atoms with Crippen LogP contribution in [0.2, 0.25) is 0 Å². The Balaban J connectivity index is 1.36. The summed E-state index contributed by atoms with van der Waals surface area (Å²) in [6.45, 7) is 4.70. The summed E-state index contributed by atoms with van der Waals surface area (Å²) in [4.78, 5) is 31.8. The number of carbonyl (C=O) groups is 2. The molecule has 162 valence electrons. The molecule has 1 fully saturated rings. The number of benzene rings is 2. The Morgan fingerprint density at radius 1 is 0.935 bits per heavy atom. The van der Waals surface area contributed by atoms with Gasteiger partial charge in [0, 0.05) is 54.9 Å². The van der Waals surface area contributed by atoms with Gasteiger partial charge in [0.15, 0.2) is 5.78 Å². The van der Waals surface area contributed by atoms with Gasteiger partial charge in [0.1, 0.15) is 0 Å². The summed E-state index contributed by atoms with van der Waals surface area (Å²) in [6.07, 6.45) is 3.24. The zero-order valence-corrected chi connectivity index (χ0v) is 19.4. The second-order valence-electron chi connectivity index (χ2n) is 8.70. The Bertz CT molecular complexity index is 1050. The molecule has 0 saturated carbocycles. The third kappa shape index (κ3) is 3.96. The quantitative estimate of drug-likeness (QED) is 0.692. The number of nitrogens with one attached hydrogen (secondary N) is 1. The number of rotatable bonds is 2. The summed E-state index contributed by atoms with van der Waals surface area (Å²) in [6, 6.07) is 9.86. The van der Waals surface area contributed by atoms with Crippen molar-refractivity contribution in [3.05, 3.63) is 51.5 Å². The average Bonchev–Trinajstić information content (AvgIpc) is 3.17. The third-order valence-electron chi connectivity index (χ3n) is 6.64. The van der Waals surface area contributed by atoms with Crippen LogP contribution in [0.15, 0.2) is 34.8 Å². The van der Waals surface area contributed by atoms with Crippen LogP contribution in [0.4, 0.5) is 21.9 Å². The standard InChI is InChI=1S/C24H27BrN4O2/c1-27-9-11-28(12-10-27)22-15-21-17(14-20(22)25)7-8-29(21)24(31)26-18-5-6-19-16(13-18)3-2-4-23(19)30/h5-6,13-15H,2-4,7-12H2,1H3,(H,26,31). The molecule has 1 aliphatic carbocycles. The van der Waals surface area contributed by atoms with Crippen LogP contribution in [0.5, 0.6) is 0 Å². The number of ketones is 1. The molecule has 0 unspecified atom stereocenters. The van der Waals surface area contributed by atoms with E-state index < -0.39 is 0 Å². The molecule has 6 nitrogen and oxygen atoms in total. The lowest BCUT2D eigenvalue weighted by Crippen LogP contribution is -2.44. The zero-order chi connectivity index (χ0) is 21.5. The Labute approximate surface area is 191 Å². The van der Waals surface area contributed by atoms with Gasteiger partial charge in [-0.05, 0) is 83.7 Å². The van der Waals surface area contributed by atoms with Gasteiger partial charge in [0.2, 0.25) is 0 Å². The molecule has 1 saturated heterocycles. The highest BCUT2D eigenvalue weighted by Crippen LogP contribution is 2.38. The van der Waals surface area contributed by atoms with Crippen molar-refractivity contribution < 1.29 is 9.59 Å². The number of fused-ring (bicyclic) bond motifs is 2. The number of urea groups is 1. The summed E-state index contributed by atoms with van der Waals surface area (Å²) in [7, 11) is 2.15. The van der Waals surface area contributed by atoms with Crippen LogP contribution in [0.25, 0.3) is 0 Å². The minimum atomic E-state index is -0.118. The molecule has 2 heterocycles. The molecular formula is C24H27BrN4O2. The van der Waals surface area contributed by atoms with Crippen molar-refractivity contribution in [2.75, 3.05) is 54.9 Å². The summed E-state index contributed by atoms with van der Waals surface area (Å²) in [5.41, 5.74) is 5.93. The molecule has 0 spiro atoms. The molecule has 3 aliphatic rings. The van der Waals surface area contributed by atoms with Crippen LogP contribution in [0.1, 0.15) is 34.3 Å². The van der Waals surface area contributed by atoms with Crippen molar-refractivity contribution in [2.24, 2.45) is 0 Å². The van der Waals surface area contributed by atoms with Crippen LogP contribution in [0, 0.1) is 0 Å². The van der Waals surface area contributed by atoms with Gasteiger partial charge >= 0.3 is 6.03 Å². The first-order valence-corrected chi connectivity index (χ1v) is 11.8. The highest BCUT2D eigenvalue weighted by Gasteiger charge is 2.28. The van der Waals surface area contributed by atoms with Gasteiger partial charge < -0.3 is 15.1 Å². The van der Waals surface area contributed by atoms with E-state index in [-0.39, 0.29) is 11.8 Å². The van der Waals surface area contributed by atoms with Crippen LogP contribution in [-0.2, 0) is 12.8 Å². The van der Waals surface area contributed by atoms with Crippen LogP contribution in [0.3, 0.4) is 0 Å². The molecule has 2 amide bonds. The summed E-state index contributed by atoms with van der Waals surface area (Å²) in [5, 5.41) is 3.05. The SMILES string of the molecule is CN1CCN(c2cc3c(cc2Br)CCN3C(=O)Nc2ccc3c(c2)CCCC3=O)CC1. The molecule has 0 radical (unpaired) electrons. The molecule has 0 aromatic heterocycles. The zero-order valence-electron chi connectivity index (χ0n) is 17.8. The number of halogens is 1. The molecule has 0 atom stereocenters. The Morgan fingerprint density at radius 2 is 1.74 bits per heavy atom. The van der Waals surface area contributed by atoms with Crippen molar-refractivity contribution in [3.8, 4) is 0 Å². The third-order valence-corrected chi connectivity index (χ3v) is 7.27. The molecule has 2 aromatic carbocycles. The predicted molar refractivity (Wildman–Crippen MR) is 128 cm³/mol. The number of carbonyl (C=O) groups excluding carboxylic acids is 2. The smallest absolute Gasteiger partial charge is 0.326 e. The number of anilines is 3.